The zero-order chi connectivity index (χ0) is 13.9. The number of carbonyl (C=O) groups excluding carboxylic acids is 1. The molecule has 0 heterocycles. The lowest BCUT2D eigenvalue weighted by atomic mass is 10.8. The van der Waals surface area contributed by atoms with Crippen molar-refractivity contribution in [3.8, 4) is 0 Å². The Kier molecular flexibility index (Phi) is 5.80. The highest BCUT2D eigenvalue weighted by Gasteiger charge is 2.38. The molecule has 0 fully saturated rings. The molecule has 0 N–H and O–H groups in total. The summed E-state index contributed by atoms with van der Waals surface area (Å²) in [4.78, 5) is 10.8. The molecule has 0 saturated heterocycles. The van der Waals surface area contributed by atoms with Gasteiger partial charge in [-0.2, -0.15) is 0 Å². The third-order valence-corrected chi connectivity index (χ3v) is 11.1. The summed E-state index contributed by atoms with van der Waals surface area (Å²) >= 11 is 0. The van der Waals surface area contributed by atoms with E-state index in [1.165, 1.54) is 6.92 Å². The van der Waals surface area contributed by atoms with Crippen molar-refractivity contribution in [1.29, 1.82) is 0 Å². The number of rotatable bonds is 6. The molecule has 4 nitrogen and oxygen atoms in total. The summed E-state index contributed by atoms with van der Waals surface area (Å²) in [5.41, 5.74) is 0. The fourth-order valence-corrected chi connectivity index (χ4v) is 14.3. The van der Waals surface area contributed by atoms with Gasteiger partial charge in [-0.15, -0.1) is 0 Å². The Bertz CT molecular complexity index is 271. The van der Waals surface area contributed by atoms with Crippen LogP contribution >= 0.6 is 0 Å². The first-order valence-electron chi connectivity index (χ1n) is 5.87. The highest BCUT2D eigenvalue weighted by molar-refractivity contribution is 6.87. The maximum Gasteiger partial charge on any atom is 0.311 e. The topological polar surface area (TPSA) is 44.8 Å². The molecular weight excluding hydrogens is 268 g/mol. The van der Waals surface area contributed by atoms with Crippen molar-refractivity contribution in [3.63, 3.8) is 0 Å². The molecule has 0 aromatic rings. The van der Waals surface area contributed by atoms with Crippen LogP contribution in [0.15, 0.2) is 0 Å². The van der Waals surface area contributed by atoms with Gasteiger partial charge in [0.15, 0.2) is 8.32 Å². The Hall–Kier alpha value is 0.0406. The van der Waals surface area contributed by atoms with E-state index >= 15 is 0 Å². The molecule has 0 rings (SSSR count). The van der Waals surface area contributed by atoms with Crippen molar-refractivity contribution in [1.82, 2.24) is 0 Å². The van der Waals surface area contributed by atoms with E-state index in [2.05, 4.69) is 45.8 Å². The van der Waals surface area contributed by atoms with Crippen LogP contribution < -0.4 is 0 Å². The smallest absolute Gasteiger partial charge is 0.311 e. The molecule has 0 spiro atoms. The molecule has 0 saturated carbocycles. The van der Waals surface area contributed by atoms with E-state index in [-0.39, 0.29) is 5.97 Å². The lowest BCUT2D eigenvalue weighted by Gasteiger charge is -2.36. The number of hydrogen-bond acceptors (Lipinski definition) is 4. The van der Waals surface area contributed by atoms with E-state index in [9.17, 15) is 4.79 Å². The Labute approximate surface area is 108 Å². The highest BCUT2D eigenvalue weighted by atomic mass is 28.5. The van der Waals surface area contributed by atoms with Gasteiger partial charge in [0.25, 0.3) is 0 Å². The van der Waals surface area contributed by atoms with Crippen LogP contribution in [-0.2, 0) is 17.8 Å². The Balaban J connectivity index is 4.42. The molecule has 0 amide bonds. The number of hydrogen-bond donors (Lipinski definition) is 0. The highest BCUT2D eigenvalue weighted by Crippen LogP contribution is 2.20. The zero-order valence-corrected chi connectivity index (χ0v) is 15.3. The molecule has 0 unspecified atom stereocenters. The van der Waals surface area contributed by atoms with Crippen molar-refractivity contribution >= 4 is 31.2 Å². The zero-order valence-electron chi connectivity index (χ0n) is 12.3. The average Bonchev–Trinajstić information content (AvgIpc) is 1.93. The SMILES string of the molecule is CC(=O)OC[Si](C)(C)O[Si](C)(C)O[Si](C)(C)C. The molecule has 0 aliphatic heterocycles. The van der Waals surface area contributed by atoms with Gasteiger partial charge in [0, 0.05) is 6.92 Å². The molecule has 102 valence electrons. The minimum Gasteiger partial charge on any atom is -0.467 e. The van der Waals surface area contributed by atoms with Crippen LogP contribution in [0.4, 0.5) is 0 Å². The van der Waals surface area contributed by atoms with Gasteiger partial charge in [-0.1, -0.05) is 0 Å². The first-order valence-corrected chi connectivity index (χ1v) is 15.2. The number of esters is 1. The fraction of sp³-hybridized carbons (Fsp3) is 0.900. The summed E-state index contributed by atoms with van der Waals surface area (Å²) in [6, 6.07) is 0. The van der Waals surface area contributed by atoms with Crippen molar-refractivity contribution in [3.05, 3.63) is 0 Å². The summed E-state index contributed by atoms with van der Waals surface area (Å²) < 4.78 is 17.3. The van der Waals surface area contributed by atoms with Crippen LogP contribution in [0.5, 0.6) is 0 Å². The third kappa shape index (κ3) is 9.72. The van der Waals surface area contributed by atoms with Gasteiger partial charge < -0.3 is 13.0 Å². The van der Waals surface area contributed by atoms with Crippen molar-refractivity contribution in [2.45, 2.75) is 52.8 Å². The lowest BCUT2D eigenvalue weighted by molar-refractivity contribution is -0.139. The van der Waals surface area contributed by atoms with E-state index < -0.39 is 25.2 Å². The van der Waals surface area contributed by atoms with Crippen LogP contribution in [0.25, 0.3) is 0 Å². The first-order chi connectivity index (χ1) is 7.33. The fourth-order valence-electron chi connectivity index (χ4n) is 1.73. The molecule has 17 heavy (non-hydrogen) atoms. The largest absolute Gasteiger partial charge is 0.467 e. The molecule has 0 aromatic carbocycles. The third-order valence-electron chi connectivity index (χ3n) is 1.70. The average molecular weight is 295 g/mol. The van der Waals surface area contributed by atoms with Gasteiger partial charge in [-0.05, 0) is 45.8 Å². The summed E-state index contributed by atoms with van der Waals surface area (Å²) in [5.74, 6) is -0.250. The van der Waals surface area contributed by atoms with Crippen LogP contribution in [0.3, 0.4) is 0 Å². The van der Waals surface area contributed by atoms with Gasteiger partial charge >= 0.3 is 14.5 Å². The van der Waals surface area contributed by atoms with Gasteiger partial charge in [-0.3, -0.25) is 4.79 Å². The molecule has 0 radical (unpaired) electrons. The second-order valence-corrected chi connectivity index (χ2v) is 18.7. The lowest BCUT2D eigenvalue weighted by Crippen LogP contribution is -2.53. The molecule has 0 bridgehead atoms. The first kappa shape index (κ1) is 17.0. The van der Waals surface area contributed by atoms with Crippen LogP contribution in [0.1, 0.15) is 6.92 Å². The second-order valence-electron chi connectivity index (χ2n) is 6.26. The summed E-state index contributed by atoms with van der Waals surface area (Å²) in [5, 5.41) is 0. The predicted octanol–water partition coefficient (Wildman–Crippen LogP) is 2.86. The van der Waals surface area contributed by atoms with Crippen LogP contribution in [0, 0.1) is 0 Å². The van der Waals surface area contributed by atoms with E-state index in [4.69, 9.17) is 13.0 Å². The van der Waals surface area contributed by atoms with Gasteiger partial charge in [0.2, 0.25) is 8.32 Å². The quantitative estimate of drug-likeness (QED) is 0.558. The van der Waals surface area contributed by atoms with Gasteiger partial charge in [0.05, 0.1) is 0 Å². The van der Waals surface area contributed by atoms with E-state index in [0.717, 1.165) is 0 Å². The maximum atomic E-state index is 10.8. The monoisotopic (exact) mass is 294 g/mol. The van der Waals surface area contributed by atoms with E-state index in [0.29, 0.717) is 6.23 Å². The standard InChI is InChI=1S/C10H26O4Si3/c1-10(11)12-9-16(5,6)14-17(7,8)13-15(2,3)4/h9H2,1-8H3. The molecule has 0 aliphatic rings. The molecule has 7 heteroatoms. The van der Waals surface area contributed by atoms with E-state index in [1.807, 2.05) is 0 Å². The summed E-state index contributed by atoms with van der Waals surface area (Å²) in [6.07, 6.45) is 0.397. The number of ether oxygens (including phenoxy) is 1. The summed E-state index contributed by atoms with van der Waals surface area (Å²) in [7, 11) is -5.69. The van der Waals surface area contributed by atoms with Crippen LogP contribution in [0.2, 0.25) is 45.8 Å². The van der Waals surface area contributed by atoms with Crippen molar-refractivity contribution < 1.29 is 17.8 Å². The Morgan fingerprint density at radius 1 is 0.941 bits per heavy atom. The minimum atomic E-state index is -2.11. The summed E-state index contributed by atoms with van der Waals surface area (Å²) in [6.45, 7) is 16.1. The molecular formula is C10H26O4Si3. The molecule has 0 aromatic heterocycles. The van der Waals surface area contributed by atoms with Gasteiger partial charge in [-0.25, -0.2) is 0 Å². The normalized spacial score (nSPS) is 13.6. The molecule has 0 aliphatic carbocycles. The van der Waals surface area contributed by atoms with E-state index in [1.54, 1.807) is 0 Å². The maximum absolute atomic E-state index is 10.8. The minimum absolute atomic E-state index is 0.250. The predicted molar refractivity (Wildman–Crippen MR) is 77.1 cm³/mol. The van der Waals surface area contributed by atoms with Crippen LogP contribution in [-0.4, -0.2) is 37.4 Å². The van der Waals surface area contributed by atoms with Crippen molar-refractivity contribution in [2.24, 2.45) is 0 Å². The second kappa shape index (κ2) is 5.79. The Morgan fingerprint density at radius 2 is 1.41 bits per heavy atom. The molecule has 0 atom stereocenters. The number of carbonyl (C=O) groups is 1. The van der Waals surface area contributed by atoms with Gasteiger partial charge in [0.1, 0.15) is 6.23 Å². The Morgan fingerprint density at radius 3 is 1.76 bits per heavy atom. The van der Waals surface area contributed by atoms with Crippen molar-refractivity contribution in [2.75, 3.05) is 6.23 Å².